The Morgan fingerprint density at radius 2 is 2.11 bits per heavy atom. The van der Waals surface area contributed by atoms with Gasteiger partial charge in [0.25, 0.3) is 0 Å². The third kappa shape index (κ3) is 1.96. The fourth-order valence-electron chi connectivity index (χ4n) is 3.40. The molecule has 1 aromatic heterocycles. The van der Waals surface area contributed by atoms with E-state index in [2.05, 4.69) is 37.9 Å². The summed E-state index contributed by atoms with van der Waals surface area (Å²) in [7, 11) is 0. The average Bonchev–Trinajstić information content (AvgIpc) is 2.77. The Kier molecular flexibility index (Phi) is 2.90. The van der Waals surface area contributed by atoms with E-state index in [1.54, 1.807) is 0 Å². The second-order valence-electron chi connectivity index (χ2n) is 6.33. The minimum Gasteiger partial charge on any atom is -0.341 e. The van der Waals surface area contributed by atoms with Gasteiger partial charge in [-0.3, -0.25) is 0 Å². The van der Waals surface area contributed by atoms with Crippen LogP contribution in [0, 0.1) is 13.8 Å². The van der Waals surface area contributed by atoms with Gasteiger partial charge in [-0.05, 0) is 43.9 Å². The maximum absolute atomic E-state index is 6.38. The van der Waals surface area contributed by atoms with Gasteiger partial charge in [-0.15, -0.1) is 0 Å². The summed E-state index contributed by atoms with van der Waals surface area (Å²) in [5.74, 6) is 1.07. The molecule has 3 heteroatoms. The maximum atomic E-state index is 6.38. The van der Waals surface area contributed by atoms with Gasteiger partial charge in [-0.25, -0.2) is 4.98 Å². The fraction of sp³-hybridized carbons (Fsp3) is 0.562. The third-order valence-electron chi connectivity index (χ3n) is 4.74. The van der Waals surface area contributed by atoms with Crippen molar-refractivity contribution in [1.82, 2.24) is 9.97 Å². The summed E-state index contributed by atoms with van der Waals surface area (Å²) in [4.78, 5) is 8.39. The number of hydrogen-bond donors (Lipinski definition) is 2. The molecule has 2 atom stereocenters. The van der Waals surface area contributed by atoms with Gasteiger partial charge in [-0.1, -0.05) is 25.8 Å². The highest BCUT2D eigenvalue weighted by molar-refractivity contribution is 5.79. The molecule has 1 aliphatic rings. The van der Waals surface area contributed by atoms with Crippen LogP contribution in [0.15, 0.2) is 12.1 Å². The van der Waals surface area contributed by atoms with Gasteiger partial charge in [0.1, 0.15) is 5.82 Å². The summed E-state index contributed by atoms with van der Waals surface area (Å²) in [5.41, 5.74) is 11.1. The van der Waals surface area contributed by atoms with Crippen molar-refractivity contribution >= 4 is 11.0 Å². The van der Waals surface area contributed by atoms with E-state index in [0.717, 1.165) is 29.7 Å². The summed E-state index contributed by atoms with van der Waals surface area (Å²) in [6.07, 6.45) is 4.73. The number of H-pyrrole nitrogens is 1. The van der Waals surface area contributed by atoms with E-state index in [1.165, 1.54) is 24.0 Å². The van der Waals surface area contributed by atoms with Crippen molar-refractivity contribution in [2.24, 2.45) is 5.73 Å². The second kappa shape index (κ2) is 4.34. The Hall–Kier alpha value is -1.35. The molecular formula is C16H23N3. The number of rotatable bonds is 1. The number of nitrogens with zero attached hydrogens (tertiary/aromatic N) is 1. The van der Waals surface area contributed by atoms with Crippen molar-refractivity contribution in [3.63, 3.8) is 0 Å². The minimum absolute atomic E-state index is 0.00237. The van der Waals surface area contributed by atoms with Crippen LogP contribution < -0.4 is 5.73 Å². The highest BCUT2D eigenvalue weighted by Gasteiger charge is 2.38. The number of imidazole rings is 1. The summed E-state index contributed by atoms with van der Waals surface area (Å²) in [5, 5.41) is 0. The minimum atomic E-state index is -0.00237. The zero-order valence-electron chi connectivity index (χ0n) is 12.1. The zero-order chi connectivity index (χ0) is 13.6. The first-order valence-electron chi connectivity index (χ1n) is 7.24. The van der Waals surface area contributed by atoms with E-state index < -0.39 is 0 Å². The van der Waals surface area contributed by atoms with Crippen LogP contribution in [-0.2, 0) is 5.41 Å². The van der Waals surface area contributed by atoms with Gasteiger partial charge in [-0.2, -0.15) is 0 Å². The molecule has 19 heavy (non-hydrogen) atoms. The lowest BCUT2D eigenvalue weighted by Gasteiger charge is -2.37. The SMILES string of the molecule is Cc1cc(C)c2nc(C3(C)CCCCC3N)[nH]c2c1. The van der Waals surface area contributed by atoms with Gasteiger partial charge in [0, 0.05) is 11.5 Å². The summed E-state index contributed by atoms with van der Waals surface area (Å²) in [6, 6.07) is 4.58. The molecule has 3 N–H and O–H groups in total. The monoisotopic (exact) mass is 257 g/mol. The van der Waals surface area contributed by atoms with Crippen molar-refractivity contribution in [2.75, 3.05) is 0 Å². The van der Waals surface area contributed by atoms with Crippen molar-refractivity contribution in [2.45, 2.75) is 57.9 Å². The highest BCUT2D eigenvalue weighted by atomic mass is 15.0. The van der Waals surface area contributed by atoms with Crippen molar-refractivity contribution in [3.8, 4) is 0 Å². The first-order valence-corrected chi connectivity index (χ1v) is 7.24. The predicted molar refractivity (Wildman–Crippen MR) is 79.4 cm³/mol. The van der Waals surface area contributed by atoms with Crippen LogP contribution in [-0.4, -0.2) is 16.0 Å². The van der Waals surface area contributed by atoms with Gasteiger partial charge in [0.15, 0.2) is 0 Å². The maximum Gasteiger partial charge on any atom is 0.114 e. The molecule has 3 nitrogen and oxygen atoms in total. The number of nitrogens with one attached hydrogen (secondary N) is 1. The molecular weight excluding hydrogens is 234 g/mol. The Bertz CT molecular complexity index is 614. The van der Waals surface area contributed by atoms with Crippen molar-refractivity contribution in [1.29, 1.82) is 0 Å². The normalized spacial score (nSPS) is 27.9. The molecule has 0 saturated heterocycles. The van der Waals surface area contributed by atoms with E-state index in [1.807, 2.05) is 0 Å². The van der Waals surface area contributed by atoms with Crippen molar-refractivity contribution in [3.05, 3.63) is 29.1 Å². The molecule has 0 spiro atoms. The molecule has 102 valence electrons. The lowest BCUT2D eigenvalue weighted by molar-refractivity contribution is 0.260. The molecule has 2 aromatic rings. The van der Waals surface area contributed by atoms with Crippen LogP contribution in [0.3, 0.4) is 0 Å². The van der Waals surface area contributed by atoms with Crippen LogP contribution in [0.4, 0.5) is 0 Å². The molecule has 2 unspecified atom stereocenters. The Labute approximate surface area is 114 Å². The predicted octanol–water partition coefficient (Wildman–Crippen LogP) is 3.34. The molecule has 1 saturated carbocycles. The fourth-order valence-corrected chi connectivity index (χ4v) is 3.40. The van der Waals surface area contributed by atoms with Crippen LogP contribution in [0.25, 0.3) is 11.0 Å². The van der Waals surface area contributed by atoms with Crippen LogP contribution in [0.5, 0.6) is 0 Å². The standard InChI is InChI=1S/C16H23N3/c1-10-8-11(2)14-12(9-10)18-15(19-14)16(3)7-5-4-6-13(16)17/h8-9,13H,4-7,17H2,1-3H3,(H,18,19). The molecule has 1 fully saturated rings. The van der Waals surface area contributed by atoms with E-state index in [-0.39, 0.29) is 11.5 Å². The highest BCUT2D eigenvalue weighted by Crippen LogP contribution is 2.37. The molecule has 1 heterocycles. The molecule has 0 aliphatic heterocycles. The Balaban J connectivity index is 2.12. The first kappa shape index (κ1) is 12.7. The molecule has 3 rings (SSSR count). The van der Waals surface area contributed by atoms with Crippen LogP contribution in [0.2, 0.25) is 0 Å². The van der Waals surface area contributed by atoms with Gasteiger partial charge < -0.3 is 10.7 Å². The topological polar surface area (TPSA) is 54.7 Å². The summed E-state index contributed by atoms with van der Waals surface area (Å²) < 4.78 is 0. The lowest BCUT2D eigenvalue weighted by atomic mass is 9.71. The average molecular weight is 257 g/mol. The van der Waals surface area contributed by atoms with E-state index >= 15 is 0 Å². The van der Waals surface area contributed by atoms with E-state index in [0.29, 0.717) is 0 Å². The smallest absolute Gasteiger partial charge is 0.114 e. The number of fused-ring (bicyclic) bond motifs is 1. The summed E-state index contributed by atoms with van der Waals surface area (Å²) in [6.45, 7) is 6.51. The van der Waals surface area contributed by atoms with E-state index in [4.69, 9.17) is 10.7 Å². The molecule has 1 aliphatic carbocycles. The number of benzene rings is 1. The van der Waals surface area contributed by atoms with Gasteiger partial charge >= 0.3 is 0 Å². The Morgan fingerprint density at radius 1 is 1.32 bits per heavy atom. The zero-order valence-corrected chi connectivity index (χ0v) is 12.1. The largest absolute Gasteiger partial charge is 0.341 e. The number of aromatic nitrogens is 2. The van der Waals surface area contributed by atoms with Crippen molar-refractivity contribution < 1.29 is 0 Å². The van der Waals surface area contributed by atoms with Crippen LogP contribution in [0.1, 0.15) is 49.6 Å². The quantitative estimate of drug-likeness (QED) is 0.823. The molecule has 1 aromatic carbocycles. The molecule has 0 amide bonds. The van der Waals surface area contributed by atoms with Gasteiger partial charge in [0.2, 0.25) is 0 Å². The molecule has 0 radical (unpaired) electrons. The number of hydrogen-bond acceptors (Lipinski definition) is 2. The number of aromatic amines is 1. The Morgan fingerprint density at radius 3 is 2.84 bits per heavy atom. The van der Waals surface area contributed by atoms with Gasteiger partial charge in [0.05, 0.1) is 11.0 Å². The third-order valence-corrected chi connectivity index (χ3v) is 4.74. The van der Waals surface area contributed by atoms with Crippen LogP contribution >= 0.6 is 0 Å². The summed E-state index contributed by atoms with van der Waals surface area (Å²) >= 11 is 0. The second-order valence-corrected chi connectivity index (χ2v) is 6.33. The lowest BCUT2D eigenvalue weighted by Crippen LogP contribution is -2.46. The first-order chi connectivity index (χ1) is 9.00. The number of nitrogens with two attached hydrogens (primary N) is 1. The van der Waals surface area contributed by atoms with E-state index in [9.17, 15) is 0 Å². The molecule has 0 bridgehead atoms. The number of aryl methyl sites for hydroxylation is 2.